The third kappa shape index (κ3) is 3.42. The van der Waals surface area contributed by atoms with Crippen LogP contribution in [0.1, 0.15) is 5.69 Å². The van der Waals surface area contributed by atoms with Crippen molar-refractivity contribution in [2.75, 3.05) is 33.3 Å². The van der Waals surface area contributed by atoms with Crippen LogP contribution in [0.15, 0.2) is 35.4 Å². The summed E-state index contributed by atoms with van der Waals surface area (Å²) in [5.74, 6) is 0.642. The summed E-state index contributed by atoms with van der Waals surface area (Å²) in [5, 5.41) is 7.78. The van der Waals surface area contributed by atoms with Crippen LogP contribution in [0.5, 0.6) is 5.75 Å². The lowest BCUT2D eigenvalue weighted by molar-refractivity contribution is 0.178. The number of benzene rings is 1. The molecule has 0 unspecified atom stereocenters. The van der Waals surface area contributed by atoms with E-state index in [0.29, 0.717) is 36.8 Å². The molecule has 9 heteroatoms. The van der Waals surface area contributed by atoms with E-state index in [1.165, 1.54) is 4.31 Å². The van der Waals surface area contributed by atoms with Crippen LogP contribution in [0.2, 0.25) is 0 Å². The molecule has 1 aliphatic rings. The van der Waals surface area contributed by atoms with E-state index in [9.17, 15) is 8.42 Å². The smallest absolute Gasteiger partial charge is 0.243 e. The van der Waals surface area contributed by atoms with Gasteiger partial charge in [0.05, 0.1) is 23.9 Å². The first-order chi connectivity index (χ1) is 11.5. The summed E-state index contributed by atoms with van der Waals surface area (Å²) in [5.41, 5.74) is 1.02. The van der Waals surface area contributed by atoms with Gasteiger partial charge in [-0.2, -0.15) is 4.31 Å². The van der Waals surface area contributed by atoms with Gasteiger partial charge in [0.15, 0.2) is 0 Å². The van der Waals surface area contributed by atoms with Crippen molar-refractivity contribution in [3.05, 3.63) is 36.2 Å². The molecule has 1 aromatic carbocycles. The molecule has 0 saturated carbocycles. The topological polar surface area (TPSA) is 80.6 Å². The monoisotopic (exact) mass is 351 g/mol. The van der Waals surface area contributed by atoms with Gasteiger partial charge in [-0.3, -0.25) is 9.58 Å². The Bertz CT molecular complexity index is 780. The zero-order valence-electron chi connectivity index (χ0n) is 13.8. The van der Waals surface area contributed by atoms with E-state index in [1.807, 2.05) is 7.05 Å². The molecule has 1 aromatic heterocycles. The highest BCUT2D eigenvalue weighted by atomic mass is 32.2. The molecule has 1 saturated heterocycles. The van der Waals surface area contributed by atoms with Gasteiger partial charge in [0.1, 0.15) is 5.75 Å². The molecule has 130 valence electrons. The molecule has 1 fully saturated rings. The lowest BCUT2D eigenvalue weighted by Gasteiger charge is -2.33. The van der Waals surface area contributed by atoms with Crippen molar-refractivity contribution in [2.45, 2.75) is 11.4 Å². The van der Waals surface area contributed by atoms with Crippen LogP contribution < -0.4 is 4.74 Å². The maximum atomic E-state index is 12.7. The number of nitrogens with zero attached hydrogens (tertiary/aromatic N) is 5. The SMILES string of the molecule is COc1ccc(S(=O)(=O)N2CCN(Cc3cnnn3C)CC2)cc1. The molecule has 0 bridgehead atoms. The van der Waals surface area contributed by atoms with Crippen LogP contribution in [0.4, 0.5) is 0 Å². The largest absolute Gasteiger partial charge is 0.497 e. The Morgan fingerprint density at radius 3 is 2.33 bits per heavy atom. The number of aromatic nitrogens is 3. The molecular formula is C15H21N5O3S. The molecule has 0 radical (unpaired) electrons. The number of piperazine rings is 1. The van der Waals surface area contributed by atoms with Gasteiger partial charge in [0, 0.05) is 39.8 Å². The molecule has 24 heavy (non-hydrogen) atoms. The number of hydrogen-bond donors (Lipinski definition) is 0. The van der Waals surface area contributed by atoms with Gasteiger partial charge in [0.2, 0.25) is 10.0 Å². The summed E-state index contributed by atoms with van der Waals surface area (Å²) >= 11 is 0. The molecule has 0 N–H and O–H groups in total. The van der Waals surface area contributed by atoms with Crippen LogP contribution in [0.25, 0.3) is 0 Å². The maximum absolute atomic E-state index is 12.7. The lowest BCUT2D eigenvalue weighted by Crippen LogP contribution is -2.48. The van der Waals surface area contributed by atoms with Crippen molar-refractivity contribution in [1.29, 1.82) is 0 Å². The fraction of sp³-hybridized carbons (Fsp3) is 0.467. The summed E-state index contributed by atoms with van der Waals surface area (Å²) in [6, 6.07) is 6.50. The quantitative estimate of drug-likeness (QED) is 0.772. The summed E-state index contributed by atoms with van der Waals surface area (Å²) in [7, 11) is -0.0495. The van der Waals surface area contributed by atoms with Crippen LogP contribution in [-0.4, -0.2) is 65.9 Å². The highest BCUT2D eigenvalue weighted by Crippen LogP contribution is 2.21. The van der Waals surface area contributed by atoms with E-state index >= 15 is 0 Å². The summed E-state index contributed by atoms with van der Waals surface area (Å²) < 4.78 is 33.8. The lowest BCUT2D eigenvalue weighted by atomic mass is 10.3. The molecule has 2 aromatic rings. The van der Waals surface area contributed by atoms with Crippen molar-refractivity contribution < 1.29 is 13.2 Å². The fourth-order valence-electron chi connectivity index (χ4n) is 2.71. The summed E-state index contributed by atoms with van der Waals surface area (Å²) in [4.78, 5) is 2.51. The second-order valence-corrected chi connectivity index (χ2v) is 7.64. The molecule has 0 amide bonds. The number of aryl methyl sites for hydroxylation is 1. The van der Waals surface area contributed by atoms with Gasteiger partial charge < -0.3 is 4.74 Å². The van der Waals surface area contributed by atoms with Crippen LogP contribution in [-0.2, 0) is 23.6 Å². The van der Waals surface area contributed by atoms with Gasteiger partial charge in [-0.25, -0.2) is 8.42 Å². The van der Waals surface area contributed by atoms with Crippen molar-refractivity contribution >= 4 is 10.0 Å². The average molecular weight is 351 g/mol. The van der Waals surface area contributed by atoms with Crippen LogP contribution in [0, 0.1) is 0 Å². The minimum atomic E-state index is -3.46. The predicted octanol–water partition coefficient (Wildman–Crippen LogP) is 0.330. The van der Waals surface area contributed by atoms with Gasteiger partial charge in [0.25, 0.3) is 0 Å². The molecule has 2 heterocycles. The van der Waals surface area contributed by atoms with Gasteiger partial charge in [-0.1, -0.05) is 5.21 Å². The van der Waals surface area contributed by atoms with E-state index in [1.54, 1.807) is 42.3 Å². The summed E-state index contributed by atoms with van der Waals surface area (Å²) in [6.45, 7) is 3.03. The first-order valence-electron chi connectivity index (χ1n) is 7.71. The van der Waals surface area contributed by atoms with Crippen LogP contribution >= 0.6 is 0 Å². The standard InChI is InChI=1S/C15H21N5O3S/c1-18-13(11-16-17-18)12-19-7-9-20(10-8-19)24(21,22)15-5-3-14(23-2)4-6-15/h3-6,11H,7-10,12H2,1-2H3. The molecule has 3 rings (SSSR count). The van der Waals surface area contributed by atoms with E-state index in [0.717, 1.165) is 12.2 Å². The third-order valence-electron chi connectivity index (χ3n) is 4.22. The zero-order chi connectivity index (χ0) is 17.2. The second-order valence-electron chi connectivity index (χ2n) is 5.70. The zero-order valence-corrected chi connectivity index (χ0v) is 14.6. The first kappa shape index (κ1) is 16.9. The Morgan fingerprint density at radius 1 is 1.12 bits per heavy atom. The fourth-order valence-corrected chi connectivity index (χ4v) is 4.13. The van der Waals surface area contributed by atoms with E-state index in [4.69, 9.17) is 4.74 Å². The Labute approximate surface area is 141 Å². The van der Waals surface area contributed by atoms with Gasteiger partial charge in [-0.05, 0) is 24.3 Å². The van der Waals surface area contributed by atoms with Gasteiger partial charge in [-0.15, -0.1) is 5.10 Å². The molecule has 0 atom stereocenters. The van der Waals surface area contributed by atoms with Crippen molar-refractivity contribution in [3.8, 4) is 5.75 Å². The van der Waals surface area contributed by atoms with E-state index in [2.05, 4.69) is 15.2 Å². The van der Waals surface area contributed by atoms with Crippen LogP contribution in [0.3, 0.4) is 0 Å². The Hall–Kier alpha value is -1.97. The third-order valence-corrected chi connectivity index (χ3v) is 6.14. The van der Waals surface area contributed by atoms with Crippen molar-refractivity contribution in [1.82, 2.24) is 24.2 Å². The Balaban J connectivity index is 1.63. The van der Waals surface area contributed by atoms with E-state index in [-0.39, 0.29) is 0 Å². The number of ether oxygens (including phenoxy) is 1. The number of methoxy groups -OCH3 is 1. The highest BCUT2D eigenvalue weighted by molar-refractivity contribution is 7.89. The Morgan fingerprint density at radius 2 is 1.79 bits per heavy atom. The molecule has 0 aliphatic carbocycles. The minimum Gasteiger partial charge on any atom is -0.497 e. The molecule has 8 nitrogen and oxygen atoms in total. The maximum Gasteiger partial charge on any atom is 0.243 e. The first-order valence-corrected chi connectivity index (χ1v) is 9.15. The predicted molar refractivity (Wildman–Crippen MR) is 88.0 cm³/mol. The van der Waals surface area contributed by atoms with Crippen molar-refractivity contribution in [2.24, 2.45) is 7.05 Å². The van der Waals surface area contributed by atoms with E-state index < -0.39 is 10.0 Å². The minimum absolute atomic E-state index is 0.299. The summed E-state index contributed by atoms with van der Waals surface area (Å²) in [6.07, 6.45) is 1.74. The number of rotatable bonds is 5. The second kappa shape index (κ2) is 6.88. The number of hydrogen-bond acceptors (Lipinski definition) is 6. The van der Waals surface area contributed by atoms with Gasteiger partial charge >= 0.3 is 0 Å². The number of sulfonamides is 1. The van der Waals surface area contributed by atoms with Crippen molar-refractivity contribution in [3.63, 3.8) is 0 Å². The Kier molecular flexibility index (Phi) is 4.83. The molecular weight excluding hydrogens is 330 g/mol. The molecule has 1 aliphatic heterocycles. The average Bonchev–Trinajstić information content (AvgIpc) is 3.00. The highest BCUT2D eigenvalue weighted by Gasteiger charge is 2.28. The molecule has 0 spiro atoms. The normalized spacial score (nSPS) is 17.1.